The summed E-state index contributed by atoms with van der Waals surface area (Å²) in [6, 6.07) is 11.0. The highest BCUT2D eigenvalue weighted by atomic mass is 32.2. The molecule has 0 radical (unpaired) electrons. The van der Waals surface area contributed by atoms with Gasteiger partial charge in [-0.15, -0.1) is 0 Å². The van der Waals surface area contributed by atoms with Crippen molar-refractivity contribution in [2.75, 3.05) is 5.75 Å². The quantitative estimate of drug-likeness (QED) is 0.654. The summed E-state index contributed by atoms with van der Waals surface area (Å²) in [5, 5.41) is 0.846. The molecule has 1 aromatic carbocycles. The first-order valence-electron chi connectivity index (χ1n) is 5.03. The highest BCUT2D eigenvalue weighted by molar-refractivity contribution is 7.99. The van der Waals surface area contributed by atoms with Crippen LogP contribution in [0.2, 0.25) is 0 Å². The second kappa shape index (κ2) is 4.19. The zero-order valence-electron chi connectivity index (χ0n) is 8.07. The Morgan fingerprint density at radius 2 is 2.00 bits per heavy atom. The molecule has 1 aliphatic rings. The summed E-state index contributed by atoms with van der Waals surface area (Å²) < 4.78 is 0. The van der Waals surface area contributed by atoms with E-state index in [9.17, 15) is 0 Å². The molecule has 1 aromatic rings. The van der Waals surface area contributed by atoms with Crippen molar-refractivity contribution >= 4 is 11.8 Å². The van der Waals surface area contributed by atoms with E-state index in [1.807, 2.05) is 0 Å². The van der Waals surface area contributed by atoms with Crippen LogP contribution in [0.25, 0.3) is 0 Å². The average molecular weight is 192 g/mol. The fourth-order valence-electron chi connectivity index (χ4n) is 2.03. The highest BCUT2D eigenvalue weighted by Gasteiger charge is 2.19. The molecule has 1 heterocycles. The molecule has 1 fully saturated rings. The van der Waals surface area contributed by atoms with Crippen molar-refractivity contribution in [2.24, 2.45) is 0 Å². The first-order valence-corrected chi connectivity index (χ1v) is 6.07. The molecule has 0 bridgehead atoms. The lowest BCUT2D eigenvalue weighted by molar-refractivity contribution is 0.589. The maximum Gasteiger partial charge on any atom is 0.00245 e. The van der Waals surface area contributed by atoms with E-state index in [4.69, 9.17) is 0 Å². The van der Waals surface area contributed by atoms with Crippen LogP contribution < -0.4 is 0 Å². The Morgan fingerprint density at radius 3 is 2.69 bits per heavy atom. The molecule has 70 valence electrons. The second-order valence-electron chi connectivity index (χ2n) is 3.81. The van der Waals surface area contributed by atoms with Crippen LogP contribution in [0.4, 0.5) is 0 Å². The molecule has 0 nitrogen and oxygen atoms in total. The molecule has 13 heavy (non-hydrogen) atoms. The lowest BCUT2D eigenvalue weighted by atomic mass is 9.92. The smallest absolute Gasteiger partial charge is 0.00245 e. The predicted octanol–water partition coefficient (Wildman–Crippen LogP) is 3.69. The number of hydrogen-bond acceptors (Lipinski definition) is 1. The molecule has 0 amide bonds. The van der Waals surface area contributed by atoms with E-state index >= 15 is 0 Å². The number of rotatable bonds is 1. The molecular formula is C12H16S. The molecule has 2 rings (SSSR count). The average Bonchev–Trinajstić information content (AvgIpc) is 2.19. The number of thioether (sulfide) groups is 1. The van der Waals surface area contributed by atoms with Crippen molar-refractivity contribution in [2.45, 2.75) is 30.9 Å². The van der Waals surface area contributed by atoms with Gasteiger partial charge in [0.15, 0.2) is 0 Å². The Hall–Kier alpha value is -0.430. The fourth-order valence-corrected chi connectivity index (χ4v) is 3.22. The summed E-state index contributed by atoms with van der Waals surface area (Å²) in [5.74, 6) is 2.15. The Morgan fingerprint density at radius 1 is 1.23 bits per heavy atom. The van der Waals surface area contributed by atoms with E-state index in [0.29, 0.717) is 0 Å². The van der Waals surface area contributed by atoms with Crippen LogP contribution in [0.5, 0.6) is 0 Å². The largest absolute Gasteiger partial charge is 0.159 e. The molecule has 0 spiro atoms. The van der Waals surface area contributed by atoms with Gasteiger partial charge in [-0.1, -0.05) is 37.3 Å². The summed E-state index contributed by atoms with van der Waals surface area (Å²) in [5.41, 5.74) is 1.54. The maximum absolute atomic E-state index is 2.35. The monoisotopic (exact) mass is 192 g/mol. The van der Waals surface area contributed by atoms with E-state index in [1.54, 1.807) is 0 Å². The van der Waals surface area contributed by atoms with Crippen LogP contribution in [0.1, 0.15) is 31.2 Å². The Labute approximate surface area is 84.7 Å². The molecule has 1 heteroatoms. The zero-order chi connectivity index (χ0) is 9.10. The van der Waals surface area contributed by atoms with Crippen LogP contribution in [-0.2, 0) is 0 Å². The molecule has 1 aliphatic heterocycles. The Balaban J connectivity index is 2.08. The van der Waals surface area contributed by atoms with Gasteiger partial charge in [0, 0.05) is 5.25 Å². The minimum absolute atomic E-state index is 0.817. The van der Waals surface area contributed by atoms with Crippen LogP contribution in [0.15, 0.2) is 30.3 Å². The van der Waals surface area contributed by atoms with Gasteiger partial charge in [-0.2, -0.15) is 11.8 Å². The lowest BCUT2D eigenvalue weighted by Crippen LogP contribution is -2.14. The Bertz CT molecular complexity index is 255. The first kappa shape index (κ1) is 9.14. The zero-order valence-corrected chi connectivity index (χ0v) is 8.89. The summed E-state index contributed by atoms with van der Waals surface area (Å²) >= 11 is 2.12. The lowest BCUT2D eigenvalue weighted by Gasteiger charge is -2.26. The molecule has 0 unspecified atom stereocenters. The SMILES string of the molecule is C[C@H]1C[C@H](c2ccccc2)CCS1. The van der Waals surface area contributed by atoms with Gasteiger partial charge in [-0.05, 0) is 30.1 Å². The minimum Gasteiger partial charge on any atom is -0.159 e. The third-order valence-corrected chi connectivity index (χ3v) is 3.99. The van der Waals surface area contributed by atoms with E-state index in [1.165, 1.54) is 24.2 Å². The molecule has 1 saturated heterocycles. The molecule has 0 aromatic heterocycles. The van der Waals surface area contributed by atoms with Crippen LogP contribution in [0.3, 0.4) is 0 Å². The number of hydrogen-bond donors (Lipinski definition) is 0. The van der Waals surface area contributed by atoms with Gasteiger partial charge < -0.3 is 0 Å². The van der Waals surface area contributed by atoms with E-state index in [0.717, 1.165) is 11.2 Å². The number of benzene rings is 1. The van der Waals surface area contributed by atoms with Gasteiger partial charge in [-0.25, -0.2) is 0 Å². The highest BCUT2D eigenvalue weighted by Crippen LogP contribution is 2.35. The van der Waals surface area contributed by atoms with Crippen molar-refractivity contribution in [3.8, 4) is 0 Å². The molecule has 0 N–H and O–H groups in total. The predicted molar refractivity (Wildman–Crippen MR) is 60.3 cm³/mol. The van der Waals surface area contributed by atoms with E-state index < -0.39 is 0 Å². The second-order valence-corrected chi connectivity index (χ2v) is 5.36. The van der Waals surface area contributed by atoms with Gasteiger partial charge in [0.1, 0.15) is 0 Å². The molecule has 0 saturated carbocycles. The van der Waals surface area contributed by atoms with Gasteiger partial charge in [0.05, 0.1) is 0 Å². The third-order valence-electron chi connectivity index (χ3n) is 2.76. The van der Waals surface area contributed by atoms with Gasteiger partial charge in [0.2, 0.25) is 0 Å². The van der Waals surface area contributed by atoms with Crippen molar-refractivity contribution in [3.63, 3.8) is 0 Å². The van der Waals surface area contributed by atoms with Crippen LogP contribution in [-0.4, -0.2) is 11.0 Å². The normalized spacial score (nSPS) is 28.7. The standard InChI is InChI=1S/C12H16S/c1-10-9-12(7-8-13-10)11-5-3-2-4-6-11/h2-6,10,12H,7-9H2,1H3/t10-,12+/m0/s1. The van der Waals surface area contributed by atoms with Crippen molar-refractivity contribution in [3.05, 3.63) is 35.9 Å². The van der Waals surface area contributed by atoms with Crippen molar-refractivity contribution < 1.29 is 0 Å². The van der Waals surface area contributed by atoms with Crippen LogP contribution in [0, 0.1) is 0 Å². The van der Waals surface area contributed by atoms with E-state index in [2.05, 4.69) is 49.0 Å². The molecule has 2 atom stereocenters. The summed E-state index contributed by atoms with van der Waals surface area (Å²) in [4.78, 5) is 0. The fraction of sp³-hybridized carbons (Fsp3) is 0.500. The van der Waals surface area contributed by atoms with E-state index in [-0.39, 0.29) is 0 Å². The minimum atomic E-state index is 0.817. The topological polar surface area (TPSA) is 0 Å². The molecular weight excluding hydrogens is 176 g/mol. The summed E-state index contributed by atoms with van der Waals surface area (Å²) in [6.45, 7) is 2.35. The molecule has 0 aliphatic carbocycles. The summed E-state index contributed by atoms with van der Waals surface area (Å²) in [7, 11) is 0. The van der Waals surface area contributed by atoms with Gasteiger partial charge in [-0.3, -0.25) is 0 Å². The van der Waals surface area contributed by atoms with Gasteiger partial charge in [0.25, 0.3) is 0 Å². The van der Waals surface area contributed by atoms with Crippen molar-refractivity contribution in [1.82, 2.24) is 0 Å². The third kappa shape index (κ3) is 2.28. The maximum atomic E-state index is 2.35. The van der Waals surface area contributed by atoms with Gasteiger partial charge >= 0.3 is 0 Å². The summed E-state index contributed by atoms with van der Waals surface area (Å²) in [6.07, 6.45) is 2.72. The van der Waals surface area contributed by atoms with Crippen molar-refractivity contribution in [1.29, 1.82) is 0 Å². The van der Waals surface area contributed by atoms with Crippen LogP contribution >= 0.6 is 11.8 Å². The Kier molecular flexibility index (Phi) is 2.94. The first-order chi connectivity index (χ1) is 6.36.